The smallest absolute Gasteiger partial charge is 0.461 e. The van der Waals surface area contributed by atoms with E-state index in [0.717, 1.165) is 0 Å². The number of hydrogen-bond donors (Lipinski definition) is 2. The van der Waals surface area contributed by atoms with Crippen molar-refractivity contribution in [1.82, 2.24) is 4.98 Å². The Bertz CT molecular complexity index is 1320. The summed E-state index contributed by atoms with van der Waals surface area (Å²) in [7, 11) is 0. The van der Waals surface area contributed by atoms with E-state index in [1.54, 1.807) is 23.1 Å². The lowest BCUT2D eigenvalue weighted by Gasteiger charge is -2.28. The van der Waals surface area contributed by atoms with Crippen molar-refractivity contribution < 1.29 is 41.4 Å². The van der Waals surface area contributed by atoms with Gasteiger partial charge in [-0.1, -0.05) is 12.1 Å². The maximum atomic E-state index is 13.4. The summed E-state index contributed by atoms with van der Waals surface area (Å²) in [6.07, 6.45) is -4.81. The monoisotopic (exact) mass is 507 g/mol. The van der Waals surface area contributed by atoms with Gasteiger partial charge in [-0.3, -0.25) is 4.79 Å². The van der Waals surface area contributed by atoms with Crippen LogP contribution in [0, 0.1) is 5.82 Å². The van der Waals surface area contributed by atoms with Gasteiger partial charge in [0.05, 0.1) is 12.1 Å². The minimum absolute atomic E-state index is 0.00149. The Hall–Kier alpha value is -4.09. The number of aromatic nitrogens is 1. The summed E-state index contributed by atoms with van der Waals surface area (Å²) in [5.74, 6) is -5.59. The van der Waals surface area contributed by atoms with Crippen molar-refractivity contribution in [2.24, 2.45) is 5.73 Å². The molecule has 8 nitrogen and oxygen atoms in total. The van der Waals surface area contributed by atoms with Crippen LogP contribution in [0.3, 0.4) is 0 Å². The molecule has 0 bridgehead atoms. The average Bonchev–Trinajstić information content (AvgIpc) is 3.41. The molecule has 1 aliphatic heterocycles. The zero-order chi connectivity index (χ0) is 26.2. The quantitative estimate of drug-likeness (QED) is 0.388. The van der Waals surface area contributed by atoms with Gasteiger partial charge in [-0.2, -0.15) is 13.2 Å². The Morgan fingerprint density at radius 1 is 1.14 bits per heavy atom. The number of aromatic amines is 1. The number of nitrogens with two attached hydrogens (primary N) is 1. The number of amides is 1. The topological polar surface area (TPSA) is 115 Å². The van der Waals surface area contributed by atoms with Gasteiger partial charge in [0.1, 0.15) is 11.9 Å². The first-order valence-corrected chi connectivity index (χ1v) is 10.9. The summed E-state index contributed by atoms with van der Waals surface area (Å²) in [5, 5.41) is 0.00149. The third-order valence-electron chi connectivity index (χ3n) is 5.96. The van der Waals surface area contributed by atoms with Gasteiger partial charge in [0, 0.05) is 23.5 Å². The highest BCUT2D eigenvalue weighted by Crippen LogP contribution is 2.40. The molecule has 1 amide bonds. The van der Waals surface area contributed by atoms with Crippen LogP contribution in [0.4, 0.5) is 23.2 Å². The van der Waals surface area contributed by atoms with E-state index in [9.17, 15) is 31.9 Å². The van der Waals surface area contributed by atoms with Crippen LogP contribution < -0.4 is 15.4 Å². The second-order valence-electron chi connectivity index (χ2n) is 8.15. The second kappa shape index (κ2) is 9.51. The molecule has 0 spiro atoms. The summed E-state index contributed by atoms with van der Waals surface area (Å²) < 4.78 is 61.6. The number of alkyl halides is 3. The Kier molecular flexibility index (Phi) is 6.61. The van der Waals surface area contributed by atoms with E-state index in [1.165, 1.54) is 31.2 Å². The molecule has 2 aromatic carbocycles. The molecule has 4 rings (SSSR count). The van der Waals surface area contributed by atoms with E-state index in [4.69, 9.17) is 10.5 Å². The number of carbonyl (C=O) groups excluding carboxylic acids is 3. The number of nitrogens with one attached hydrogen (secondary N) is 1. The van der Waals surface area contributed by atoms with E-state index in [-0.39, 0.29) is 23.4 Å². The number of ether oxygens (including phenoxy) is 2. The third-order valence-corrected chi connectivity index (χ3v) is 5.96. The molecule has 1 aromatic heterocycles. The number of primary amides is 1. The van der Waals surface area contributed by atoms with Crippen LogP contribution in [0.25, 0.3) is 10.9 Å². The van der Waals surface area contributed by atoms with Crippen LogP contribution in [0.2, 0.25) is 0 Å². The Morgan fingerprint density at radius 2 is 1.83 bits per heavy atom. The van der Waals surface area contributed by atoms with Gasteiger partial charge in [0.2, 0.25) is 5.91 Å². The number of carbonyl (C=O) groups is 3. The molecule has 3 aromatic rings. The van der Waals surface area contributed by atoms with Crippen molar-refractivity contribution in [3.63, 3.8) is 0 Å². The fourth-order valence-electron chi connectivity index (χ4n) is 4.43. The van der Waals surface area contributed by atoms with E-state index < -0.39 is 47.3 Å². The number of H-pyrrole nitrogens is 1. The number of nitrogens with zero attached hydrogens (tertiary/aromatic N) is 1. The molecule has 190 valence electrons. The minimum Gasteiger partial charge on any atom is -0.461 e. The predicted molar refractivity (Wildman–Crippen MR) is 120 cm³/mol. The Morgan fingerprint density at radius 3 is 2.44 bits per heavy atom. The summed E-state index contributed by atoms with van der Waals surface area (Å²) >= 11 is 0. The third kappa shape index (κ3) is 4.70. The number of esters is 2. The molecule has 12 heteroatoms. The van der Waals surface area contributed by atoms with Gasteiger partial charge < -0.3 is 25.1 Å². The fourth-order valence-corrected chi connectivity index (χ4v) is 4.43. The number of fused-ring (bicyclic) bond motifs is 1. The maximum absolute atomic E-state index is 13.4. The van der Waals surface area contributed by atoms with Crippen molar-refractivity contribution in [3.05, 3.63) is 59.5 Å². The largest absolute Gasteiger partial charge is 0.491 e. The molecule has 0 radical (unpaired) electrons. The lowest BCUT2D eigenvalue weighted by atomic mass is 9.91. The molecule has 2 heterocycles. The number of rotatable bonds is 6. The van der Waals surface area contributed by atoms with Crippen molar-refractivity contribution in [3.8, 4) is 5.75 Å². The molecule has 1 fully saturated rings. The highest BCUT2D eigenvalue weighted by atomic mass is 19.4. The Labute approximate surface area is 201 Å². The molecule has 2 atom stereocenters. The summed E-state index contributed by atoms with van der Waals surface area (Å²) in [6, 6.07) is 9.31. The number of hydrogen-bond acceptors (Lipinski definition) is 6. The summed E-state index contributed by atoms with van der Waals surface area (Å²) in [4.78, 5) is 40.7. The van der Waals surface area contributed by atoms with Crippen LogP contribution in [0.15, 0.2) is 42.5 Å². The van der Waals surface area contributed by atoms with Crippen molar-refractivity contribution in [2.45, 2.75) is 31.5 Å². The van der Waals surface area contributed by atoms with E-state index in [1.807, 2.05) is 0 Å². The van der Waals surface area contributed by atoms with Crippen molar-refractivity contribution in [1.29, 1.82) is 0 Å². The Balaban J connectivity index is 1.77. The highest BCUT2D eigenvalue weighted by molar-refractivity contribution is 6.03. The SMILES string of the molecule is CCOC(=O)c1[nH]c2ccc(N3CC[C@@H](c4ccc(F)cc4)[C@H]3C(N)=O)cc2c1OC(=O)C(F)(F)F. The van der Waals surface area contributed by atoms with Crippen LogP contribution in [-0.4, -0.2) is 48.2 Å². The first kappa shape index (κ1) is 25.0. The molecular formula is C24H21F4N3O5. The normalized spacial score (nSPS) is 17.9. The molecule has 3 N–H and O–H groups in total. The van der Waals surface area contributed by atoms with E-state index >= 15 is 0 Å². The van der Waals surface area contributed by atoms with Gasteiger partial charge in [0.15, 0.2) is 11.4 Å². The molecule has 36 heavy (non-hydrogen) atoms. The highest BCUT2D eigenvalue weighted by Gasteiger charge is 2.43. The van der Waals surface area contributed by atoms with Gasteiger partial charge >= 0.3 is 18.1 Å². The van der Waals surface area contributed by atoms with Crippen LogP contribution >= 0.6 is 0 Å². The minimum atomic E-state index is -5.30. The number of anilines is 1. The molecule has 0 aliphatic carbocycles. The van der Waals surface area contributed by atoms with E-state index in [2.05, 4.69) is 9.72 Å². The van der Waals surface area contributed by atoms with Crippen LogP contribution in [0.1, 0.15) is 35.3 Å². The van der Waals surface area contributed by atoms with Gasteiger partial charge in [0.25, 0.3) is 0 Å². The van der Waals surface area contributed by atoms with Gasteiger partial charge in [-0.25, -0.2) is 14.0 Å². The van der Waals surface area contributed by atoms with Crippen LogP contribution in [-0.2, 0) is 14.3 Å². The first-order valence-electron chi connectivity index (χ1n) is 10.9. The fraction of sp³-hybridized carbons (Fsp3) is 0.292. The molecule has 1 aliphatic rings. The summed E-state index contributed by atoms with van der Waals surface area (Å²) in [6.45, 7) is 1.80. The van der Waals surface area contributed by atoms with Gasteiger partial charge in [-0.05, 0) is 49.2 Å². The first-order chi connectivity index (χ1) is 17.0. The molecule has 1 saturated heterocycles. The van der Waals surface area contributed by atoms with Crippen molar-refractivity contribution >= 4 is 34.4 Å². The lowest BCUT2D eigenvalue weighted by molar-refractivity contribution is -0.189. The molecule has 0 unspecified atom stereocenters. The van der Waals surface area contributed by atoms with Crippen LogP contribution in [0.5, 0.6) is 5.75 Å². The summed E-state index contributed by atoms with van der Waals surface area (Å²) in [5.41, 5.74) is 6.55. The zero-order valence-corrected chi connectivity index (χ0v) is 18.9. The average molecular weight is 507 g/mol. The maximum Gasteiger partial charge on any atom is 0.491 e. The number of benzene rings is 2. The molecule has 0 saturated carbocycles. The van der Waals surface area contributed by atoms with E-state index in [0.29, 0.717) is 24.2 Å². The van der Waals surface area contributed by atoms with Gasteiger partial charge in [-0.15, -0.1) is 0 Å². The lowest BCUT2D eigenvalue weighted by Crippen LogP contribution is -2.43. The predicted octanol–water partition coefficient (Wildman–Crippen LogP) is 3.80. The molecular weight excluding hydrogens is 486 g/mol. The standard InChI is InChI=1S/C24H21F4N3O5/c1-2-35-22(33)18-20(36-23(34)24(26,27)28)16-11-14(7-8-17(16)30-18)31-10-9-15(19(31)21(29)32)12-3-5-13(25)6-4-12/h3-8,11,15,19,30H,2,9-10H2,1H3,(H2,29,32)/t15-,19-/m0/s1. The number of halogens is 4. The zero-order valence-electron chi connectivity index (χ0n) is 18.9. The van der Waals surface area contributed by atoms with Crippen molar-refractivity contribution in [2.75, 3.05) is 18.1 Å². The second-order valence-corrected chi connectivity index (χ2v) is 8.15.